The molecule has 2 rings (SSSR count). The molecule has 1 aromatic carbocycles. The highest BCUT2D eigenvalue weighted by Gasteiger charge is 2.07. The topological polar surface area (TPSA) is 17.8 Å². The fraction of sp³-hybridized carbons (Fsp3) is 0.308. The molecule has 2 nitrogen and oxygen atoms in total. The van der Waals surface area contributed by atoms with E-state index in [2.05, 4.69) is 50.3 Å². The molecule has 0 atom stereocenters. The van der Waals surface area contributed by atoms with Gasteiger partial charge in [0.15, 0.2) is 0 Å². The molecule has 78 valence electrons. The zero-order valence-electron chi connectivity index (χ0n) is 9.70. The molecule has 0 aliphatic heterocycles. The molecule has 15 heavy (non-hydrogen) atoms. The van der Waals surface area contributed by atoms with E-state index in [0.29, 0.717) is 0 Å². The molecule has 0 saturated carbocycles. The summed E-state index contributed by atoms with van der Waals surface area (Å²) in [6.45, 7) is 6.32. The Labute approximate surface area is 90.6 Å². The molecule has 1 aromatic heterocycles. The van der Waals surface area contributed by atoms with Crippen LogP contribution in [-0.2, 0) is 7.05 Å². The highest BCUT2D eigenvalue weighted by Crippen LogP contribution is 2.26. The first kappa shape index (κ1) is 9.97. The van der Waals surface area contributed by atoms with E-state index in [4.69, 9.17) is 0 Å². The standard InChI is InChI=1S/C13H16N2/c1-9-5-6-12(10(2)7-9)13-8-15(4)14-11(13)3/h5-8H,1-4H3. The van der Waals surface area contributed by atoms with Crippen LogP contribution in [-0.4, -0.2) is 9.78 Å². The minimum atomic E-state index is 1.09. The number of hydrogen-bond donors (Lipinski definition) is 0. The Morgan fingerprint density at radius 3 is 2.33 bits per heavy atom. The van der Waals surface area contributed by atoms with Crippen LogP contribution in [0.2, 0.25) is 0 Å². The molecular weight excluding hydrogens is 184 g/mol. The smallest absolute Gasteiger partial charge is 0.0672 e. The lowest BCUT2D eigenvalue weighted by Gasteiger charge is -2.05. The quantitative estimate of drug-likeness (QED) is 0.692. The van der Waals surface area contributed by atoms with Gasteiger partial charge >= 0.3 is 0 Å². The summed E-state index contributed by atoms with van der Waals surface area (Å²) in [5.41, 5.74) is 6.22. The highest BCUT2D eigenvalue weighted by atomic mass is 15.2. The summed E-state index contributed by atoms with van der Waals surface area (Å²) < 4.78 is 1.87. The van der Waals surface area contributed by atoms with E-state index in [1.165, 1.54) is 22.3 Å². The van der Waals surface area contributed by atoms with Crippen LogP contribution in [0.1, 0.15) is 16.8 Å². The average molecular weight is 200 g/mol. The van der Waals surface area contributed by atoms with E-state index >= 15 is 0 Å². The first-order chi connectivity index (χ1) is 7.08. The largest absolute Gasteiger partial charge is 0.275 e. The zero-order valence-corrected chi connectivity index (χ0v) is 9.70. The van der Waals surface area contributed by atoms with E-state index in [-0.39, 0.29) is 0 Å². The van der Waals surface area contributed by atoms with Crippen molar-refractivity contribution in [3.05, 3.63) is 41.2 Å². The lowest BCUT2D eigenvalue weighted by atomic mass is 10.00. The third-order valence-electron chi connectivity index (χ3n) is 2.69. The van der Waals surface area contributed by atoms with Gasteiger partial charge in [0.05, 0.1) is 5.69 Å². The van der Waals surface area contributed by atoms with Gasteiger partial charge in [-0.1, -0.05) is 23.8 Å². The summed E-state index contributed by atoms with van der Waals surface area (Å²) in [7, 11) is 1.96. The van der Waals surface area contributed by atoms with E-state index in [1.807, 2.05) is 11.7 Å². The summed E-state index contributed by atoms with van der Waals surface area (Å²) in [5, 5.41) is 4.37. The number of hydrogen-bond acceptors (Lipinski definition) is 1. The molecule has 0 radical (unpaired) electrons. The lowest BCUT2D eigenvalue weighted by Crippen LogP contribution is -1.86. The summed E-state index contributed by atoms with van der Waals surface area (Å²) in [4.78, 5) is 0. The van der Waals surface area contributed by atoms with Crippen LogP contribution in [0.3, 0.4) is 0 Å². The lowest BCUT2D eigenvalue weighted by molar-refractivity contribution is 0.756. The molecule has 0 saturated heterocycles. The highest BCUT2D eigenvalue weighted by molar-refractivity contribution is 5.68. The van der Waals surface area contributed by atoms with Gasteiger partial charge in [0.1, 0.15) is 0 Å². The Bertz CT molecular complexity index is 495. The Hall–Kier alpha value is -1.57. The van der Waals surface area contributed by atoms with E-state index in [9.17, 15) is 0 Å². The molecule has 2 heteroatoms. The minimum absolute atomic E-state index is 1.09. The predicted molar refractivity (Wildman–Crippen MR) is 62.9 cm³/mol. The Balaban J connectivity index is 2.59. The van der Waals surface area contributed by atoms with Crippen LogP contribution in [0.15, 0.2) is 24.4 Å². The van der Waals surface area contributed by atoms with Crippen LogP contribution >= 0.6 is 0 Å². The van der Waals surface area contributed by atoms with Crippen LogP contribution in [0.25, 0.3) is 11.1 Å². The van der Waals surface area contributed by atoms with Crippen LogP contribution in [0.5, 0.6) is 0 Å². The van der Waals surface area contributed by atoms with Gasteiger partial charge in [-0.05, 0) is 31.9 Å². The van der Waals surface area contributed by atoms with E-state index in [1.54, 1.807) is 0 Å². The fourth-order valence-corrected chi connectivity index (χ4v) is 1.98. The Morgan fingerprint density at radius 1 is 1.07 bits per heavy atom. The van der Waals surface area contributed by atoms with Crippen molar-refractivity contribution in [2.75, 3.05) is 0 Å². The number of benzene rings is 1. The van der Waals surface area contributed by atoms with Crippen LogP contribution < -0.4 is 0 Å². The summed E-state index contributed by atoms with van der Waals surface area (Å²) in [6, 6.07) is 6.53. The molecule has 1 heterocycles. The van der Waals surface area contributed by atoms with E-state index < -0.39 is 0 Å². The van der Waals surface area contributed by atoms with Gasteiger partial charge < -0.3 is 0 Å². The molecular formula is C13H16N2. The maximum absolute atomic E-state index is 4.37. The number of aryl methyl sites for hydroxylation is 4. The van der Waals surface area contributed by atoms with Gasteiger partial charge in [-0.25, -0.2) is 0 Å². The molecule has 0 spiro atoms. The van der Waals surface area contributed by atoms with E-state index in [0.717, 1.165) is 5.69 Å². The molecule has 0 N–H and O–H groups in total. The van der Waals surface area contributed by atoms with Crippen molar-refractivity contribution in [3.8, 4) is 11.1 Å². The molecule has 0 fully saturated rings. The fourth-order valence-electron chi connectivity index (χ4n) is 1.98. The number of aromatic nitrogens is 2. The van der Waals surface area contributed by atoms with Crippen molar-refractivity contribution in [2.45, 2.75) is 20.8 Å². The monoisotopic (exact) mass is 200 g/mol. The second-order valence-electron chi connectivity index (χ2n) is 4.12. The minimum Gasteiger partial charge on any atom is -0.275 e. The molecule has 0 aliphatic rings. The zero-order chi connectivity index (χ0) is 11.0. The SMILES string of the molecule is Cc1ccc(-c2cn(C)nc2C)c(C)c1. The van der Waals surface area contributed by atoms with Gasteiger partial charge in [0.2, 0.25) is 0 Å². The van der Waals surface area contributed by atoms with Crippen molar-refractivity contribution in [1.82, 2.24) is 9.78 Å². The van der Waals surface area contributed by atoms with Crippen molar-refractivity contribution < 1.29 is 0 Å². The number of rotatable bonds is 1. The average Bonchev–Trinajstić information content (AvgIpc) is 2.45. The predicted octanol–water partition coefficient (Wildman–Crippen LogP) is 3.01. The Morgan fingerprint density at radius 2 is 1.80 bits per heavy atom. The third kappa shape index (κ3) is 1.80. The van der Waals surface area contributed by atoms with Crippen LogP contribution in [0, 0.1) is 20.8 Å². The first-order valence-electron chi connectivity index (χ1n) is 5.16. The van der Waals surface area contributed by atoms with Crippen LogP contribution in [0.4, 0.5) is 0 Å². The van der Waals surface area contributed by atoms with Gasteiger partial charge in [-0.2, -0.15) is 5.10 Å². The molecule has 2 aromatic rings. The van der Waals surface area contributed by atoms with Crippen molar-refractivity contribution in [1.29, 1.82) is 0 Å². The summed E-state index contributed by atoms with van der Waals surface area (Å²) in [6.07, 6.45) is 2.08. The third-order valence-corrected chi connectivity index (χ3v) is 2.69. The van der Waals surface area contributed by atoms with Crippen molar-refractivity contribution in [3.63, 3.8) is 0 Å². The molecule has 0 bridgehead atoms. The number of nitrogens with zero attached hydrogens (tertiary/aromatic N) is 2. The maximum Gasteiger partial charge on any atom is 0.0672 e. The van der Waals surface area contributed by atoms with Gasteiger partial charge in [-0.3, -0.25) is 4.68 Å². The second kappa shape index (κ2) is 3.54. The molecule has 0 aliphatic carbocycles. The van der Waals surface area contributed by atoms with Gasteiger partial charge in [0.25, 0.3) is 0 Å². The molecule has 0 amide bonds. The van der Waals surface area contributed by atoms with Gasteiger partial charge in [0, 0.05) is 18.8 Å². The van der Waals surface area contributed by atoms with Gasteiger partial charge in [-0.15, -0.1) is 0 Å². The second-order valence-corrected chi connectivity index (χ2v) is 4.12. The Kier molecular flexibility index (Phi) is 2.35. The summed E-state index contributed by atoms with van der Waals surface area (Å²) in [5.74, 6) is 0. The maximum atomic E-state index is 4.37. The van der Waals surface area contributed by atoms with Crippen molar-refractivity contribution >= 4 is 0 Å². The first-order valence-corrected chi connectivity index (χ1v) is 5.16. The normalized spacial score (nSPS) is 10.7. The summed E-state index contributed by atoms with van der Waals surface area (Å²) >= 11 is 0. The van der Waals surface area contributed by atoms with Crippen molar-refractivity contribution in [2.24, 2.45) is 7.05 Å². The molecule has 0 unspecified atom stereocenters.